The Morgan fingerprint density at radius 3 is 3.00 bits per heavy atom. The standard InChI is InChI=1S/C12H21N3O4/c1-3-12(17)4-5-15(6-9(12)16)7-10-13-11(8-18-2)19-14-10/h9,16-17H,3-8H2,1-2H3/t9-,12-/m0/s1. The van der Waals surface area contributed by atoms with Crippen LogP contribution in [0, 0.1) is 0 Å². The van der Waals surface area contributed by atoms with Crippen molar-refractivity contribution in [2.75, 3.05) is 20.2 Å². The highest BCUT2D eigenvalue weighted by atomic mass is 16.5. The Kier molecular flexibility index (Phi) is 4.51. The molecule has 2 N–H and O–H groups in total. The first-order valence-electron chi connectivity index (χ1n) is 6.50. The van der Waals surface area contributed by atoms with Crippen molar-refractivity contribution in [3.8, 4) is 0 Å². The molecule has 2 heterocycles. The van der Waals surface area contributed by atoms with Gasteiger partial charge in [0.15, 0.2) is 5.82 Å². The van der Waals surface area contributed by atoms with Crippen molar-refractivity contribution in [3.63, 3.8) is 0 Å². The monoisotopic (exact) mass is 271 g/mol. The number of hydrogen-bond acceptors (Lipinski definition) is 7. The lowest BCUT2D eigenvalue weighted by Crippen LogP contribution is -2.54. The molecule has 1 fully saturated rings. The molecule has 1 aromatic heterocycles. The molecule has 2 atom stereocenters. The van der Waals surface area contributed by atoms with Gasteiger partial charge in [-0.25, -0.2) is 0 Å². The first-order valence-corrected chi connectivity index (χ1v) is 6.50. The molecule has 1 aliphatic rings. The molecule has 0 bridgehead atoms. The Labute approximate surface area is 112 Å². The van der Waals surface area contributed by atoms with Crippen molar-refractivity contribution < 1.29 is 19.5 Å². The summed E-state index contributed by atoms with van der Waals surface area (Å²) < 4.78 is 9.92. The maximum Gasteiger partial charge on any atom is 0.252 e. The second-order valence-corrected chi connectivity index (χ2v) is 5.00. The molecule has 108 valence electrons. The van der Waals surface area contributed by atoms with Crippen LogP contribution >= 0.6 is 0 Å². The zero-order valence-corrected chi connectivity index (χ0v) is 11.4. The van der Waals surface area contributed by atoms with Crippen LogP contribution in [0.25, 0.3) is 0 Å². The highest BCUT2D eigenvalue weighted by Gasteiger charge is 2.39. The number of aliphatic hydroxyl groups is 2. The summed E-state index contributed by atoms with van der Waals surface area (Å²) in [7, 11) is 1.57. The van der Waals surface area contributed by atoms with Gasteiger partial charge < -0.3 is 19.5 Å². The molecule has 0 unspecified atom stereocenters. The molecule has 0 amide bonds. The summed E-state index contributed by atoms with van der Waals surface area (Å²) in [5.74, 6) is 1.02. The number of ether oxygens (including phenoxy) is 1. The molecule has 0 saturated carbocycles. The number of likely N-dealkylation sites (tertiary alicyclic amines) is 1. The second kappa shape index (κ2) is 5.96. The number of hydrogen-bond donors (Lipinski definition) is 2. The third-order valence-corrected chi connectivity index (χ3v) is 3.67. The average Bonchev–Trinajstić information content (AvgIpc) is 2.82. The lowest BCUT2D eigenvalue weighted by atomic mass is 9.86. The minimum absolute atomic E-state index is 0.297. The molecule has 1 aliphatic heterocycles. The lowest BCUT2D eigenvalue weighted by Gasteiger charge is -2.41. The number of aromatic nitrogens is 2. The number of methoxy groups -OCH3 is 1. The highest BCUT2D eigenvalue weighted by molar-refractivity contribution is 4.94. The van der Waals surface area contributed by atoms with E-state index in [2.05, 4.69) is 10.1 Å². The van der Waals surface area contributed by atoms with Crippen molar-refractivity contribution in [1.82, 2.24) is 15.0 Å². The Morgan fingerprint density at radius 2 is 2.37 bits per heavy atom. The van der Waals surface area contributed by atoms with Crippen LogP contribution in [0.4, 0.5) is 0 Å². The van der Waals surface area contributed by atoms with Crippen molar-refractivity contribution in [2.45, 2.75) is 44.6 Å². The summed E-state index contributed by atoms with van der Waals surface area (Å²) in [6.07, 6.45) is 0.368. The summed E-state index contributed by atoms with van der Waals surface area (Å²) in [6.45, 7) is 3.80. The third-order valence-electron chi connectivity index (χ3n) is 3.67. The Hall–Kier alpha value is -1.02. The molecule has 19 heavy (non-hydrogen) atoms. The van der Waals surface area contributed by atoms with Crippen LogP contribution in [0.2, 0.25) is 0 Å². The molecule has 0 spiro atoms. The van der Waals surface area contributed by atoms with Gasteiger partial charge in [0.2, 0.25) is 0 Å². The van der Waals surface area contributed by atoms with E-state index in [1.54, 1.807) is 7.11 Å². The Bertz CT molecular complexity index is 411. The summed E-state index contributed by atoms with van der Waals surface area (Å²) in [6, 6.07) is 0. The van der Waals surface area contributed by atoms with Crippen molar-refractivity contribution in [2.24, 2.45) is 0 Å². The molecule has 0 aromatic carbocycles. The summed E-state index contributed by atoms with van der Waals surface area (Å²) >= 11 is 0. The number of β-amino-alcohol motifs (C(OH)–C–C–N with tert-alkyl or cyclic N) is 1. The van der Waals surface area contributed by atoms with E-state index >= 15 is 0 Å². The van der Waals surface area contributed by atoms with E-state index < -0.39 is 11.7 Å². The van der Waals surface area contributed by atoms with Gasteiger partial charge in [-0.15, -0.1) is 0 Å². The van der Waals surface area contributed by atoms with Crippen LogP contribution in [0.1, 0.15) is 31.5 Å². The van der Waals surface area contributed by atoms with Gasteiger partial charge in [0.1, 0.15) is 6.61 Å². The smallest absolute Gasteiger partial charge is 0.252 e. The quantitative estimate of drug-likeness (QED) is 0.774. The van der Waals surface area contributed by atoms with Gasteiger partial charge in [0, 0.05) is 20.2 Å². The molecule has 0 radical (unpaired) electrons. The van der Waals surface area contributed by atoms with Crippen LogP contribution in [0.3, 0.4) is 0 Å². The minimum atomic E-state index is -0.963. The zero-order valence-electron chi connectivity index (χ0n) is 11.4. The van der Waals surface area contributed by atoms with E-state index in [9.17, 15) is 10.2 Å². The SMILES string of the molecule is CC[C@]1(O)CCN(Cc2noc(COC)n2)C[C@@H]1O. The van der Waals surface area contributed by atoms with Crippen molar-refractivity contribution >= 4 is 0 Å². The van der Waals surface area contributed by atoms with Gasteiger partial charge in [0.05, 0.1) is 18.2 Å². The Balaban J connectivity index is 1.90. The van der Waals surface area contributed by atoms with Gasteiger partial charge in [-0.3, -0.25) is 4.90 Å². The first-order chi connectivity index (χ1) is 9.07. The van der Waals surface area contributed by atoms with Crippen molar-refractivity contribution in [1.29, 1.82) is 0 Å². The van der Waals surface area contributed by atoms with Crippen molar-refractivity contribution in [3.05, 3.63) is 11.7 Å². The van der Waals surface area contributed by atoms with Crippen LogP contribution < -0.4 is 0 Å². The molecule has 7 heteroatoms. The molecule has 7 nitrogen and oxygen atoms in total. The molecule has 2 rings (SSSR count). The highest BCUT2D eigenvalue weighted by Crippen LogP contribution is 2.26. The zero-order chi connectivity index (χ0) is 13.9. The fraction of sp³-hybridized carbons (Fsp3) is 0.833. The number of piperidine rings is 1. The number of rotatable bonds is 5. The van der Waals surface area contributed by atoms with Crippen LogP contribution in [-0.4, -0.2) is 57.2 Å². The average molecular weight is 271 g/mol. The van der Waals surface area contributed by atoms with Crippen LogP contribution in [0.15, 0.2) is 4.52 Å². The number of nitrogens with zero attached hydrogens (tertiary/aromatic N) is 3. The summed E-state index contributed by atoms with van der Waals surface area (Å²) in [5, 5.41) is 24.0. The van der Waals surface area contributed by atoms with Gasteiger partial charge in [0.25, 0.3) is 5.89 Å². The largest absolute Gasteiger partial charge is 0.389 e. The number of aliphatic hydroxyl groups excluding tert-OH is 1. The molecule has 1 saturated heterocycles. The van der Waals surface area contributed by atoms with E-state index in [0.717, 1.165) is 0 Å². The van der Waals surface area contributed by atoms with Crippen LogP contribution in [0.5, 0.6) is 0 Å². The fourth-order valence-electron chi connectivity index (χ4n) is 2.32. The fourth-order valence-corrected chi connectivity index (χ4v) is 2.32. The molecular weight excluding hydrogens is 250 g/mol. The summed E-state index contributed by atoms with van der Waals surface area (Å²) in [4.78, 5) is 6.20. The second-order valence-electron chi connectivity index (χ2n) is 5.00. The normalized spacial score (nSPS) is 28.7. The van der Waals surface area contributed by atoms with E-state index in [1.165, 1.54) is 0 Å². The maximum atomic E-state index is 10.2. The molecule has 0 aliphatic carbocycles. The Morgan fingerprint density at radius 1 is 1.58 bits per heavy atom. The van der Waals surface area contributed by atoms with E-state index in [0.29, 0.717) is 50.8 Å². The van der Waals surface area contributed by atoms with Gasteiger partial charge in [-0.1, -0.05) is 12.1 Å². The van der Waals surface area contributed by atoms with Gasteiger partial charge in [-0.2, -0.15) is 4.98 Å². The lowest BCUT2D eigenvalue weighted by molar-refractivity contribution is -0.122. The minimum Gasteiger partial charge on any atom is -0.389 e. The maximum absolute atomic E-state index is 10.2. The van der Waals surface area contributed by atoms with Gasteiger partial charge in [-0.05, 0) is 12.8 Å². The van der Waals surface area contributed by atoms with E-state index in [1.807, 2.05) is 11.8 Å². The first kappa shape index (κ1) is 14.4. The van der Waals surface area contributed by atoms with E-state index in [-0.39, 0.29) is 0 Å². The third kappa shape index (κ3) is 3.30. The molecular formula is C12H21N3O4. The van der Waals surface area contributed by atoms with E-state index in [4.69, 9.17) is 9.26 Å². The predicted molar refractivity (Wildman–Crippen MR) is 66.2 cm³/mol. The topological polar surface area (TPSA) is 91.9 Å². The molecule has 1 aromatic rings. The van der Waals surface area contributed by atoms with Gasteiger partial charge >= 0.3 is 0 Å². The van der Waals surface area contributed by atoms with Crippen LogP contribution in [-0.2, 0) is 17.9 Å². The predicted octanol–water partition coefficient (Wildman–Crippen LogP) is -0.0763. The summed E-state index contributed by atoms with van der Waals surface area (Å²) in [5.41, 5.74) is -0.963.